The van der Waals surface area contributed by atoms with E-state index in [1.807, 2.05) is 18.2 Å². The van der Waals surface area contributed by atoms with Crippen LogP contribution in [0.1, 0.15) is 19.8 Å². The van der Waals surface area contributed by atoms with E-state index in [2.05, 4.69) is 22.3 Å². The van der Waals surface area contributed by atoms with Gasteiger partial charge in [-0.1, -0.05) is 17.7 Å². The minimum absolute atomic E-state index is 0.257. The summed E-state index contributed by atoms with van der Waals surface area (Å²) in [7, 11) is 0. The maximum Gasteiger partial charge on any atom is 0.138 e. The van der Waals surface area contributed by atoms with Crippen molar-refractivity contribution in [1.29, 1.82) is 0 Å². The average Bonchev–Trinajstić information content (AvgIpc) is 3.08. The number of aromatic nitrogens is 3. The molecule has 1 N–H and O–H groups in total. The van der Waals surface area contributed by atoms with E-state index in [9.17, 15) is 0 Å². The van der Waals surface area contributed by atoms with Crippen molar-refractivity contribution < 1.29 is 4.74 Å². The third kappa shape index (κ3) is 2.78. The molecule has 0 aliphatic carbocycles. The number of ether oxygens (including phenoxy) is 1. The lowest BCUT2D eigenvalue weighted by Crippen LogP contribution is -2.20. The normalized spacial score (nSPS) is 22.1. The van der Waals surface area contributed by atoms with Gasteiger partial charge >= 0.3 is 0 Å². The van der Waals surface area contributed by atoms with Crippen molar-refractivity contribution in [3.63, 3.8) is 0 Å². The van der Waals surface area contributed by atoms with E-state index in [-0.39, 0.29) is 6.10 Å². The summed E-state index contributed by atoms with van der Waals surface area (Å²) in [6.07, 6.45) is 5.96. The molecule has 1 aliphatic rings. The van der Waals surface area contributed by atoms with Gasteiger partial charge in [0.25, 0.3) is 0 Å². The first-order chi connectivity index (χ1) is 9.74. The Bertz CT molecular complexity index is 573. The molecular formula is C14H17ClN4O. The van der Waals surface area contributed by atoms with Crippen molar-refractivity contribution in [2.75, 3.05) is 11.9 Å². The van der Waals surface area contributed by atoms with Gasteiger partial charge in [-0.3, -0.25) is 0 Å². The number of rotatable bonds is 4. The minimum Gasteiger partial charge on any atom is -0.381 e. The number of para-hydroxylation sites is 1. The van der Waals surface area contributed by atoms with Crippen molar-refractivity contribution in [2.24, 2.45) is 0 Å². The molecule has 5 nitrogen and oxygen atoms in total. The Hall–Kier alpha value is -1.59. The van der Waals surface area contributed by atoms with E-state index in [1.165, 1.54) is 6.33 Å². The zero-order valence-electron chi connectivity index (χ0n) is 11.3. The Labute approximate surface area is 122 Å². The van der Waals surface area contributed by atoms with Gasteiger partial charge in [-0.05, 0) is 31.9 Å². The second kappa shape index (κ2) is 5.81. The van der Waals surface area contributed by atoms with Gasteiger partial charge in [-0.15, -0.1) is 0 Å². The first-order valence-corrected chi connectivity index (χ1v) is 7.14. The summed E-state index contributed by atoms with van der Waals surface area (Å²) in [6.45, 7) is 2.88. The Morgan fingerprint density at radius 1 is 1.45 bits per heavy atom. The molecule has 2 atom stereocenters. The number of benzene rings is 1. The molecule has 2 unspecified atom stereocenters. The van der Waals surface area contributed by atoms with E-state index in [1.54, 1.807) is 11.0 Å². The van der Waals surface area contributed by atoms with E-state index in [0.29, 0.717) is 11.1 Å². The molecule has 1 aromatic carbocycles. The second-order valence-corrected chi connectivity index (χ2v) is 5.41. The predicted octanol–water partition coefficient (Wildman–Crippen LogP) is 2.90. The molecule has 0 radical (unpaired) electrons. The molecule has 2 aromatic rings. The van der Waals surface area contributed by atoms with Gasteiger partial charge in [-0.25, -0.2) is 9.67 Å². The van der Waals surface area contributed by atoms with Crippen LogP contribution in [-0.4, -0.2) is 33.5 Å². The minimum atomic E-state index is 0.257. The Kier molecular flexibility index (Phi) is 3.89. The lowest BCUT2D eigenvalue weighted by Gasteiger charge is -2.16. The van der Waals surface area contributed by atoms with Gasteiger partial charge in [0.1, 0.15) is 18.3 Å². The molecule has 6 heteroatoms. The predicted molar refractivity (Wildman–Crippen MR) is 78.4 cm³/mol. The van der Waals surface area contributed by atoms with E-state index >= 15 is 0 Å². The van der Waals surface area contributed by atoms with Crippen LogP contribution in [0.3, 0.4) is 0 Å². The van der Waals surface area contributed by atoms with Crippen molar-refractivity contribution in [3.8, 4) is 5.69 Å². The summed E-state index contributed by atoms with van der Waals surface area (Å²) in [5.74, 6) is 0. The van der Waals surface area contributed by atoms with Crippen molar-refractivity contribution in [1.82, 2.24) is 14.8 Å². The van der Waals surface area contributed by atoms with Crippen molar-refractivity contribution in [3.05, 3.63) is 35.9 Å². The molecule has 1 fully saturated rings. The molecule has 1 aliphatic heterocycles. The van der Waals surface area contributed by atoms with Crippen LogP contribution >= 0.6 is 11.6 Å². The molecule has 1 aromatic heterocycles. The summed E-state index contributed by atoms with van der Waals surface area (Å²) >= 11 is 6.28. The Morgan fingerprint density at radius 3 is 3.05 bits per heavy atom. The van der Waals surface area contributed by atoms with Gasteiger partial charge < -0.3 is 10.1 Å². The average molecular weight is 293 g/mol. The van der Waals surface area contributed by atoms with Gasteiger partial charge in [0.15, 0.2) is 0 Å². The van der Waals surface area contributed by atoms with Gasteiger partial charge in [0, 0.05) is 6.54 Å². The van der Waals surface area contributed by atoms with Crippen LogP contribution in [0.5, 0.6) is 0 Å². The molecule has 1 saturated heterocycles. The summed E-state index contributed by atoms with van der Waals surface area (Å²) in [4.78, 5) is 3.97. The Balaban J connectivity index is 1.78. The lowest BCUT2D eigenvalue weighted by molar-refractivity contribution is 0.0637. The number of anilines is 1. The maximum atomic E-state index is 6.28. The fourth-order valence-electron chi connectivity index (χ4n) is 2.47. The monoisotopic (exact) mass is 292 g/mol. The van der Waals surface area contributed by atoms with Crippen LogP contribution in [0, 0.1) is 0 Å². The molecule has 2 heterocycles. The second-order valence-electron chi connectivity index (χ2n) is 5.00. The number of nitrogens with zero attached hydrogens (tertiary/aromatic N) is 3. The zero-order valence-corrected chi connectivity index (χ0v) is 12.0. The highest BCUT2D eigenvalue weighted by molar-refractivity contribution is 6.33. The highest BCUT2D eigenvalue weighted by atomic mass is 35.5. The van der Waals surface area contributed by atoms with Gasteiger partial charge in [0.05, 0.1) is 22.9 Å². The summed E-state index contributed by atoms with van der Waals surface area (Å²) < 4.78 is 7.48. The van der Waals surface area contributed by atoms with Crippen LogP contribution in [0.2, 0.25) is 5.02 Å². The van der Waals surface area contributed by atoms with Crippen LogP contribution in [0.25, 0.3) is 5.69 Å². The topological polar surface area (TPSA) is 52.0 Å². The van der Waals surface area contributed by atoms with Crippen molar-refractivity contribution >= 4 is 17.3 Å². The molecule has 20 heavy (non-hydrogen) atoms. The van der Waals surface area contributed by atoms with Crippen molar-refractivity contribution in [2.45, 2.75) is 32.0 Å². The highest BCUT2D eigenvalue weighted by Crippen LogP contribution is 2.28. The summed E-state index contributed by atoms with van der Waals surface area (Å²) in [5.41, 5.74) is 1.75. The number of halogens is 1. The lowest BCUT2D eigenvalue weighted by atomic mass is 10.2. The molecule has 0 bridgehead atoms. The summed E-state index contributed by atoms with van der Waals surface area (Å²) in [6, 6.07) is 5.75. The first kappa shape index (κ1) is 13.4. The molecule has 0 spiro atoms. The van der Waals surface area contributed by atoms with Gasteiger partial charge in [-0.2, -0.15) is 5.10 Å². The maximum absolute atomic E-state index is 6.28. The van der Waals surface area contributed by atoms with E-state index < -0.39 is 0 Å². The van der Waals surface area contributed by atoms with E-state index in [4.69, 9.17) is 16.3 Å². The number of nitrogens with one attached hydrogen (secondary N) is 1. The van der Waals surface area contributed by atoms with E-state index in [0.717, 1.165) is 30.8 Å². The molecule has 0 amide bonds. The Morgan fingerprint density at radius 2 is 2.35 bits per heavy atom. The molecule has 3 rings (SSSR count). The third-order valence-electron chi connectivity index (χ3n) is 3.47. The fraction of sp³-hybridized carbons (Fsp3) is 0.429. The third-order valence-corrected chi connectivity index (χ3v) is 3.78. The zero-order chi connectivity index (χ0) is 13.9. The SMILES string of the molecule is CC1CCC(CNc2cccc(Cl)c2-n2cncn2)O1. The van der Waals surface area contributed by atoms with Crippen LogP contribution in [-0.2, 0) is 4.74 Å². The van der Waals surface area contributed by atoms with Gasteiger partial charge in [0.2, 0.25) is 0 Å². The fourth-order valence-corrected chi connectivity index (χ4v) is 2.73. The summed E-state index contributed by atoms with van der Waals surface area (Å²) in [5, 5.41) is 8.20. The standard InChI is InChI=1S/C14H17ClN4O/c1-10-5-6-11(20-10)7-17-13-4-2-3-12(15)14(13)19-9-16-8-18-19/h2-4,8-11,17H,5-7H2,1H3. The largest absolute Gasteiger partial charge is 0.381 e. The number of hydrogen-bond donors (Lipinski definition) is 1. The molecular weight excluding hydrogens is 276 g/mol. The molecule has 0 saturated carbocycles. The number of hydrogen-bond acceptors (Lipinski definition) is 4. The highest BCUT2D eigenvalue weighted by Gasteiger charge is 2.21. The van der Waals surface area contributed by atoms with Crippen LogP contribution in [0.15, 0.2) is 30.9 Å². The van der Waals surface area contributed by atoms with Crippen LogP contribution < -0.4 is 5.32 Å². The smallest absolute Gasteiger partial charge is 0.138 e. The quantitative estimate of drug-likeness (QED) is 0.941. The first-order valence-electron chi connectivity index (χ1n) is 6.77. The van der Waals surface area contributed by atoms with Crippen LogP contribution in [0.4, 0.5) is 5.69 Å². The molecule has 106 valence electrons.